The Morgan fingerprint density at radius 1 is 1.47 bits per heavy atom. The van der Waals surface area contributed by atoms with Crippen molar-refractivity contribution in [3.63, 3.8) is 0 Å². The summed E-state index contributed by atoms with van der Waals surface area (Å²) >= 11 is 6.07. The lowest BCUT2D eigenvalue weighted by molar-refractivity contribution is 0.270. The number of aromatic nitrogens is 2. The molecular formula is C12H14ClN3O. The molecule has 0 bridgehead atoms. The summed E-state index contributed by atoms with van der Waals surface area (Å²) in [5.41, 5.74) is 8.52. The van der Waals surface area contributed by atoms with Crippen LogP contribution in [0.3, 0.4) is 0 Å². The second kappa shape index (κ2) is 4.77. The van der Waals surface area contributed by atoms with Crippen LogP contribution in [0.1, 0.15) is 5.56 Å². The van der Waals surface area contributed by atoms with Crippen molar-refractivity contribution >= 4 is 17.4 Å². The van der Waals surface area contributed by atoms with E-state index in [0.29, 0.717) is 17.4 Å². The van der Waals surface area contributed by atoms with Gasteiger partial charge in [-0.1, -0.05) is 23.7 Å². The molecule has 0 spiro atoms. The highest BCUT2D eigenvalue weighted by Crippen LogP contribution is 2.28. The highest BCUT2D eigenvalue weighted by atomic mass is 35.5. The molecule has 0 unspecified atom stereocenters. The van der Waals surface area contributed by atoms with Gasteiger partial charge in [-0.25, -0.2) is 4.68 Å². The van der Waals surface area contributed by atoms with Gasteiger partial charge in [0.25, 0.3) is 0 Å². The topological polar surface area (TPSA) is 64.1 Å². The van der Waals surface area contributed by atoms with E-state index in [1.165, 1.54) is 0 Å². The van der Waals surface area contributed by atoms with Crippen molar-refractivity contribution in [3.8, 4) is 11.3 Å². The smallest absolute Gasteiger partial charge is 0.122 e. The highest BCUT2D eigenvalue weighted by Gasteiger charge is 2.10. The number of anilines is 1. The fraction of sp³-hybridized carbons (Fsp3) is 0.250. The molecule has 0 aliphatic rings. The van der Waals surface area contributed by atoms with Crippen LogP contribution in [0.25, 0.3) is 11.3 Å². The molecule has 0 aliphatic carbocycles. The van der Waals surface area contributed by atoms with Crippen LogP contribution < -0.4 is 5.73 Å². The monoisotopic (exact) mass is 251 g/mol. The first-order chi connectivity index (χ1) is 8.13. The van der Waals surface area contributed by atoms with Gasteiger partial charge in [-0.3, -0.25) is 0 Å². The number of rotatable bonds is 3. The molecule has 3 N–H and O–H groups in total. The fourth-order valence-corrected chi connectivity index (χ4v) is 1.90. The zero-order chi connectivity index (χ0) is 12.4. The van der Waals surface area contributed by atoms with Crippen molar-refractivity contribution < 1.29 is 5.11 Å². The van der Waals surface area contributed by atoms with Crippen LogP contribution in [-0.4, -0.2) is 21.5 Å². The number of nitrogens with zero attached hydrogens (tertiary/aromatic N) is 2. The molecule has 2 rings (SSSR count). The summed E-state index contributed by atoms with van der Waals surface area (Å²) in [6.07, 6.45) is 0. The van der Waals surface area contributed by atoms with E-state index in [4.69, 9.17) is 22.4 Å². The summed E-state index contributed by atoms with van der Waals surface area (Å²) in [4.78, 5) is 0. The van der Waals surface area contributed by atoms with Crippen LogP contribution in [0.4, 0.5) is 5.82 Å². The van der Waals surface area contributed by atoms with E-state index in [1.54, 1.807) is 10.7 Å². The maximum absolute atomic E-state index is 8.89. The minimum atomic E-state index is 0.0137. The number of benzene rings is 1. The van der Waals surface area contributed by atoms with Crippen molar-refractivity contribution in [1.29, 1.82) is 0 Å². The number of hydrogen-bond donors (Lipinski definition) is 2. The Balaban J connectivity index is 2.46. The van der Waals surface area contributed by atoms with Crippen molar-refractivity contribution in [2.45, 2.75) is 13.5 Å². The Morgan fingerprint density at radius 2 is 2.24 bits per heavy atom. The summed E-state index contributed by atoms with van der Waals surface area (Å²) in [6.45, 7) is 2.35. The minimum absolute atomic E-state index is 0.0137. The molecule has 4 nitrogen and oxygen atoms in total. The van der Waals surface area contributed by atoms with E-state index >= 15 is 0 Å². The largest absolute Gasteiger partial charge is 0.394 e. The van der Waals surface area contributed by atoms with E-state index in [0.717, 1.165) is 16.8 Å². The average molecular weight is 252 g/mol. The van der Waals surface area contributed by atoms with Crippen LogP contribution in [0.15, 0.2) is 24.3 Å². The van der Waals surface area contributed by atoms with Gasteiger partial charge >= 0.3 is 0 Å². The van der Waals surface area contributed by atoms with Crippen molar-refractivity contribution in [2.75, 3.05) is 12.3 Å². The lowest BCUT2D eigenvalue weighted by Gasteiger charge is -2.04. The highest BCUT2D eigenvalue weighted by molar-refractivity contribution is 6.31. The summed E-state index contributed by atoms with van der Waals surface area (Å²) in [6, 6.07) is 7.46. The van der Waals surface area contributed by atoms with Gasteiger partial charge in [0.2, 0.25) is 0 Å². The molecule has 90 valence electrons. The third kappa shape index (κ3) is 2.28. The van der Waals surface area contributed by atoms with Crippen LogP contribution >= 0.6 is 11.6 Å². The molecule has 2 aromatic rings. The van der Waals surface area contributed by atoms with Crippen LogP contribution in [-0.2, 0) is 6.54 Å². The Kier molecular flexibility index (Phi) is 3.36. The van der Waals surface area contributed by atoms with E-state index in [2.05, 4.69) is 5.10 Å². The molecule has 1 aromatic heterocycles. The van der Waals surface area contributed by atoms with Crippen LogP contribution in [0, 0.1) is 6.92 Å². The van der Waals surface area contributed by atoms with Gasteiger partial charge in [0.05, 0.1) is 18.8 Å². The van der Waals surface area contributed by atoms with Gasteiger partial charge in [0, 0.05) is 16.7 Å². The Hall–Kier alpha value is -1.52. The summed E-state index contributed by atoms with van der Waals surface area (Å²) in [5.74, 6) is 0.536. The zero-order valence-electron chi connectivity index (χ0n) is 9.52. The maximum Gasteiger partial charge on any atom is 0.122 e. The summed E-state index contributed by atoms with van der Waals surface area (Å²) < 4.78 is 1.58. The van der Waals surface area contributed by atoms with E-state index < -0.39 is 0 Å². The van der Waals surface area contributed by atoms with Gasteiger partial charge in [-0.15, -0.1) is 0 Å². The number of aliphatic hydroxyl groups excluding tert-OH is 1. The molecule has 1 heterocycles. The molecule has 0 fully saturated rings. The zero-order valence-corrected chi connectivity index (χ0v) is 10.3. The molecule has 0 atom stereocenters. The third-order valence-corrected chi connectivity index (χ3v) is 3.08. The molecular weight excluding hydrogens is 238 g/mol. The Labute approximate surface area is 105 Å². The number of aliphatic hydroxyl groups is 1. The quantitative estimate of drug-likeness (QED) is 0.878. The van der Waals surface area contributed by atoms with Crippen LogP contribution in [0.2, 0.25) is 5.02 Å². The second-order valence-electron chi connectivity index (χ2n) is 3.81. The fourth-order valence-electron chi connectivity index (χ4n) is 1.72. The lowest BCUT2D eigenvalue weighted by atomic mass is 10.1. The molecule has 5 heteroatoms. The Bertz CT molecular complexity index is 537. The molecule has 1 aromatic carbocycles. The van der Waals surface area contributed by atoms with Gasteiger partial charge in [-0.05, 0) is 18.6 Å². The van der Waals surface area contributed by atoms with E-state index in [9.17, 15) is 0 Å². The standard InChI is InChI=1S/C12H14ClN3O/c1-8-9(3-2-4-10(8)13)11-7-12(14)16(15-11)5-6-17/h2-4,7,17H,5-6,14H2,1H3. The molecule has 0 saturated carbocycles. The molecule has 0 aliphatic heterocycles. The predicted octanol–water partition coefficient (Wildman–Crippen LogP) is 2.09. The number of nitrogens with two attached hydrogens (primary N) is 1. The normalized spacial score (nSPS) is 10.8. The van der Waals surface area contributed by atoms with Crippen molar-refractivity contribution in [1.82, 2.24) is 9.78 Å². The first kappa shape index (κ1) is 12.0. The number of hydrogen-bond acceptors (Lipinski definition) is 3. The predicted molar refractivity (Wildman–Crippen MR) is 68.9 cm³/mol. The molecule has 0 amide bonds. The van der Waals surface area contributed by atoms with E-state index in [1.807, 2.05) is 25.1 Å². The van der Waals surface area contributed by atoms with Gasteiger partial charge in [-0.2, -0.15) is 5.10 Å². The summed E-state index contributed by atoms with van der Waals surface area (Å²) in [5, 5.41) is 13.9. The number of halogens is 1. The van der Waals surface area contributed by atoms with Crippen LogP contribution in [0.5, 0.6) is 0 Å². The van der Waals surface area contributed by atoms with E-state index in [-0.39, 0.29) is 6.61 Å². The van der Waals surface area contributed by atoms with Gasteiger partial charge < -0.3 is 10.8 Å². The molecule has 17 heavy (non-hydrogen) atoms. The molecule has 0 radical (unpaired) electrons. The third-order valence-electron chi connectivity index (χ3n) is 2.67. The maximum atomic E-state index is 8.89. The second-order valence-corrected chi connectivity index (χ2v) is 4.22. The lowest BCUT2D eigenvalue weighted by Crippen LogP contribution is -2.07. The Morgan fingerprint density at radius 3 is 2.94 bits per heavy atom. The SMILES string of the molecule is Cc1c(Cl)cccc1-c1cc(N)n(CCO)n1. The van der Waals surface area contributed by atoms with Crippen molar-refractivity contribution in [3.05, 3.63) is 34.9 Å². The van der Waals surface area contributed by atoms with Gasteiger partial charge in [0.15, 0.2) is 0 Å². The summed E-state index contributed by atoms with van der Waals surface area (Å²) in [7, 11) is 0. The number of nitrogen functional groups attached to an aromatic ring is 1. The van der Waals surface area contributed by atoms with Crippen molar-refractivity contribution in [2.24, 2.45) is 0 Å². The molecule has 0 saturated heterocycles. The first-order valence-corrected chi connectivity index (χ1v) is 5.71. The van der Waals surface area contributed by atoms with Gasteiger partial charge in [0.1, 0.15) is 5.82 Å². The minimum Gasteiger partial charge on any atom is -0.394 e. The first-order valence-electron chi connectivity index (χ1n) is 5.33. The average Bonchev–Trinajstić information content (AvgIpc) is 2.65.